The van der Waals surface area contributed by atoms with Crippen LogP contribution in [0.5, 0.6) is 0 Å². The van der Waals surface area contributed by atoms with Crippen LogP contribution in [-0.2, 0) is 0 Å². The van der Waals surface area contributed by atoms with Crippen molar-refractivity contribution < 1.29 is 0 Å². The van der Waals surface area contributed by atoms with E-state index < -0.39 is 11.2 Å². The number of hydrogen-bond donors (Lipinski definition) is 1. The van der Waals surface area contributed by atoms with Gasteiger partial charge >= 0.3 is 5.69 Å². The molecule has 25 heavy (non-hydrogen) atoms. The smallest absolute Gasteiger partial charge is 0.293 e. The number of nitrogens with zero attached hydrogens (tertiary/aromatic N) is 2. The first-order valence-electron chi connectivity index (χ1n) is 7.15. The largest absolute Gasteiger partial charge is 0.349 e. The van der Waals surface area contributed by atoms with E-state index in [1.54, 1.807) is 47.0 Å². The molecule has 5 nitrogen and oxygen atoms in total. The normalized spacial score (nSPS) is 11.3. The molecular weight excluding hydrogens is 385 g/mol. The number of aromatic amines is 1. The van der Waals surface area contributed by atoms with E-state index in [9.17, 15) is 9.59 Å². The van der Waals surface area contributed by atoms with Crippen LogP contribution in [0.1, 0.15) is 0 Å². The number of nitrogens with one attached hydrogen (secondary N) is 1. The lowest BCUT2D eigenvalue weighted by atomic mass is 10.1. The van der Waals surface area contributed by atoms with Crippen molar-refractivity contribution in [2.24, 2.45) is 0 Å². The van der Waals surface area contributed by atoms with Crippen LogP contribution in [0.4, 0.5) is 0 Å². The van der Waals surface area contributed by atoms with Crippen LogP contribution in [0.15, 0.2) is 52.1 Å². The molecule has 1 N–H and O–H groups in total. The van der Waals surface area contributed by atoms with E-state index in [2.05, 4.69) is 9.97 Å². The van der Waals surface area contributed by atoms with Crippen LogP contribution in [-0.4, -0.2) is 14.5 Å². The summed E-state index contributed by atoms with van der Waals surface area (Å²) < 4.78 is 1.66. The van der Waals surface area contributed by atoms with Crippen molar-refractivity contribution in [3.8, 4) is 17.1 Å². The average Bonchev–Trinajstić information content (AvgIpc) is 2.56. The van der Waals surface area contributed by atoms with E-state index in [0.717, 1.165) is 5.39 Å². The Hall–Kier alpha value is -2.34. The van der Waals surface area contributed by atoms with Gasteiger partial charge in [0.1, 0.15) is 0 Å². The maximum Gasteiger partial charge on any atom is 0.349 e. The summed E-state index contributed by atoms with van der Waals surface area (Å²) in [5, 5.41) is 2.00. The van der Waals surface area contributed by atoms with Gasteiger partial charge in [-0.05, 0) is 41.8 Å². The topological polar surface area (TPSA) is 67.8 Å². The van der Waals surface area contributed by atoms with Gasteiger partial charge in [0.15, 0.2) is 5.82 Å². The molecule has 124 valence electrons. The van der Waals surface area contributed by atoms with Crippen LogP contribution < -0.4 is 11.2 Å². The third kappa shape index (κ3) is 2.70. The molecule has 4 rings (SSSR count). The molecule has 0 radical (unpaired) electrons. The molecule has 0 aromatic heterocycles. The first-order chi connectivity index (χ1) is 11.9. The van der Waals surface area contributed by atoms with Crippen molar-refractivity contribution in [3.05, 3.63) is 78.4 Å². The Morgan fingerprint density at radius 1 is 0.920 bits per heavy atom. The Labute approximate surface area is 155 Å². The SMILES string of the molecule is O=c1nc2n(-c3ccc(Cl)c(Cl)c3)c3cc(Cl)ccc3cc-2c(=O)[nH]1. The van der Waals surface area contributed by atoms with Crippen molar-refractivity contribution in [1.82, 2.24) is 14.5 Å². The van der Waals surface area contributed by atoms with Gasteiger partial charge in [0.25, 0.3) is 5.56 Å². The van der Waals surface area contributed by atoms with E-state index in [0.29, 0.717) is 26.3 Å². The molecule has 2 aromatic carbocycles. The van der Waals surface area contributed by atoms with Gasteiger partial charge in [0, 0.05) is 10.7 Å². The summed E-state index contributed by atoms with van der Waals surface area (Å²) in [6, 6.07) is 11.9. The first kappa shape index (κ1) is 16.1. The maximum atomic E-state index is 12.2. The zero-order valence-electron chi connectivity index (χ0n) is 12.4. The Balaban J connectivity index is 2.25. The summed E-state index contributed by atoms with van der Waals surface area (Å²) in [7, 11) is 0. The lowest BCUT2D eigenvalue weighted by Gasteiger charge is -2.18. The van der Waals surface area contributed by atoms with Crippen LogP contribution in [0, 0.1) is 0 Å². The Kier molecular flexibility index (Phi) is 3.80. The third-order valence-electron chi connectivity index (χ3n) is 3.82. The highest BCUT2D eigenvalue weighted by Gasteiger charge is 2.18. The number of hydrogen-bond acceptors (Lipinski definition) is 3. The quantitative estimate of drug-likeness (QED) is 0.495. The van der Waals surface area contributed by atoms with Crippen molar-refractivity contribution in [2.75, 3.05) is 0 Å². The van der Waals surface area contributed by atoms with E-state index >= 15 is 0 Å². The summed E-state index contributed by atoms with van der Waals surface area (Å²) in [5.41, 5.74) is 0.314. The minimum Gasteiger partial charge on any atom is -0.293 e. The number of H-pyrrole nitrogens is 1. The number of halogens is 3. The summed E-state index contributed by atoms with van der Waals surface area (Å²) in [6.07, 6.45) is 0. The predicted molar refractivity (Wildman–Crippen MR) is 99.6 cm³/mol. The zero-order valence-corrected chi connectivity index (χ0v) is 14.7. The fraction of sp³-hybridized carbons (Fsp3) is 0. The monoisotopic (exact) mass is 391 g/mol. The van der Waals surface area contributed by atoms with Crippen LogP contribution in [0.3, 0.4) is 0 Å². The number of rotatable bonds is 1. The van der Waals surface area contributed by atoms with Crippen LogP contribution in [0.25, 0.3) is 28.0 Å². The Morgan fingerprint density at radius 3 is 2.48 bits per heavy atom. The molecule has 0 amide bonds. The summed E-state index contributed by atoms with van der Waals surface area (Å²) in [5.74, 6) is 0.210. The third-order valence-corrected chi connectivity index (χ3v) is 4.79. The molecule has 2 aromatic rings. The van der Waals surface area contributed by atoms with Gasteiger partial charge in [-0.3, -0.25) is 14.3 Å². The van der Waals surface area contributed by atoms with Crippen molar-refractivity contribution >= 4 is 45.7 Å². The van der Waals surface area contributed by atoms with Gasteiger partial charge in [0.05, 0.1) is 21.1 Å². The lowest BCUT2D eigenvalue weighted by molar-refractivity contribution is 0.960. The molecule has 0 unspecified atom stereocenters. The predicted octanol–water partition coefficient (Wildman–Crippen LogP) is 4.14. The van der Waals surface area contributed by atoms with Crippen molar-refractivity contribution in [3.63, 3.8) is 0 Å². The molecule has 0 aliphatic carbocycles. The highest BCUT2D eigenvalue weighted by molar-refractivity contribution is 6.42. The molecule has 8 heteroatoms. The lowest BCUT2D eigenvalue weighted by Crippen LogP contribution is -2.27. The number of aromatic nitrogens is 3. The van der Waals surface area contributed by atoms with E-state index in [1.807, 2.05) is 0 Å². The Morgan fingerprint density at radius 2 is 1.72 bits per heavy atom. The van der Waals surface area contributed by atoms with Crippen molar-refractivity contribution in [1.29, 1.82) is 0 Å². The van der Waals surface area contributed by atoms with Gasteiger partial charge < -0.3 is 0 Å². The zero-order chi connectivity index (χ0) is 17.7. The molecule has 0 bridgehead atoms. The fourth-order valence-corrected chi connectivity index (χ4v) is 3.20. The molecule has 2 aliphatic heterocycles. The van der Waals surface area contributed by atoms with Gasteiger partial charge in [-0.2, -0.15) is 4.98 Å². The van der Waals surface area contributed by atoms with E-state index in [4.69, 9.17) is 34.8 Å². The standard InChI is InChI=1S/C17H8Cl3N3O2/c18-9-2-1-8-5-11-15(21-17(25)22-16(11)24)23(14(8)6-9)10-3-4-12(19)13(20)7-10/h1-7H,(H,22,24,25). The second-order valence-electron chi connectivity index (χ2n) is 5.39. The van der Waals surface area contributed by atoms with Gasteiger partial charge in [-0.1, -0.05) is 40.9 Å². The molecular formula is C17H8Cl3N3O2. The molecule has 2 aliphatic rings. The van der Waals surface area contributed by atoms with Crippen LogP contribution >= 0.6 is 34.8 Å². The minimum absolute atomic E-state index is 0.210. The minimum atomic E-state index is -0.729. The first-order valence-corrected chi connectivity index (χ1v) is 8.28. The van der Waals surface area contributed by atoms with Gasteiger partial charge in [-0.25, -0.2) is 4.79 Å². The van der Waals surface area contributed by atoms with Crippen LogP contribution in [0.2, 0.25) is 15.1 Å². The summed E-state index contributed by atoms with van der Waals surface area (Å²) >= 11 is 18.3. The highest BCUT2D eigenvalue weighted by atomic mass is 35.5. The average molecular weight is 393 g/mol. The highest BCUT2D eigenvalue weighted by Crippen LogP contribution is 2.32. The fourth-order valence-electron chi connectivity index (χ4n) is 2.74. The number of fused-ring (bicyclic) bond motifs is 2. The Bertz CT molecular complexity index is 1230. The van der Waals surface area contributed by atoms with E-state index in [1.165, 1.54) is 0 Å². The summed E-state index contributed by atoms with van der Waals surface area (Å²) in [4.78, 5) is 30.1. The number of pyridine rings is 1. The summed E-state index contributed by atoms with van der Waals surface area (Å²) in [6.45, 7) is 0. The van der Waals surface area contributed by atoms with Gasteiger partial charge in [0.2, 0.25) is 0 Å². The second kappa shape index (κ2) is 5.88. The molecule has 0 atom stereocenters. The second-order valence-corrected chi connectivity index (χ2v) is 6.64. The van der Waals surface area contributed by atoms with Gasteiger partial charge in [-0.15, -0.1) is 0 Å². The van der Waals surface area contributed by atoms with Crippen molar-refractivity contribution in [2.45, 2.75) is 0 Å². The molecule has 0 fully saturated rings. The molecule has 0 saturated carbocycles. The molecule has 2 heterocycles. The van der Waals surface area contributed by atoms with E-state index in [-0.39, 0.29) is 11.4 Å². The maximum absolute atomic E-state index is 12.2. The molecule has 0 saturated heterocycles. The molecule has 0 spiro atoms. The number of benzene rings is 2.